The molecule has 0 spiro atoms. The van der Waals surface area contributed by atoms with Gasteiger partial charge in [0.15, 0.2) is 11.7 Å². The first-order chi connectivity index (χ1) is 13.3. The number of aryl methyl sites for hydroxylation is 1. The highest BCUT2D eigenvalue weighted by Gasteiger charge is 2.14. The third-order valence-electron chi connectivity index (χ3n) is 3.43. The Labute approximate surface area is 169 Å². The fourth-order valence-corrected chi connectivity index (χ4v) is 2.30. The van der Waals surface area contributed by atoms with Crippen LogP contribution in [-0.2, 0) is 4.79 Å². The van der Waals surface area contributed by atoms with Crippen molar-refractivity contribution in [3.8, 4) is 11.5 Å². The second-order valence-electron chi connectivity index (χ2n) is 6.22. The summed E-state index contributed by atoms with van der Waals surface area (Å²) in [5.41, 5.74) is 6.27. The SMILES string of the molecule is Cc1ccc(OCC(=O)NNC(=S)NC(=O)c2ccccc2OC(C)C)cc1. The van der Waals surface area contributed by atoms with Crippen molar-refractivity contribution in [2.75, 3.05) is 6.61 Å². The minimum atomic E-state index is -0.445. The standard InChI is InChI=1S/C20H23N3O4S/c1-13(2)27-17-7-5-4-6-16(17)19(25)21-20(28)23-22-18(24)12-26-15-10-8-14(3)9-11-15/h4-11,13H,12H2,1-3H3,(H,22,24)(H2,21,23,25,28). The molecule has 0 radical (unpaired) electrons. The van der Waals surface area contributed by atoms with Gasteiger partial charge in [0.2, 0.25) is 0 Å². The Morgan fingerprint density at radius 1 is 1.04 bits per heavy atom. The van der Waals surface area contributed by atoms with Gasteiger partial charge >= 0.3 is 0 Å². The molecule has 2 aromatic carbocycles. The number of hydrogen-bond acceptors (Lipinski definition) is 5. The van der Waals surface area contributed by atoms with Crippen molar-refractivity contribution in [3.05, 3.63) is 59.7 Å². The van der Waals surface area contributed by atoms with Gasteiger partial charge in [-0.1, -0.05) is 29.8 Å². The third kappa shape index (κ3) is 6.88. The van der Waals surface area contributed by atoms with E-state index in [0.29, 0.717) is 17.1 Å². The number of benzene rings is 2. The third-order valence-corrected chi connectivity index (χ3v) is 3.63. The minimum absolute atomic E-state index is 0.0481. The summed E-state index contributed by atoms with van der Waals surface area (Å²) in [7, 11) is 0. The number of amides is 2. The van der Waals surface area contributed by atoms with E-state index in [1.807, 2.05) is 32.9 Å². The van der Waals surface area contributed by atoms with E-state index in [0.717, 1.165) is 5.56 Å². The van der Waals surface area contributed by atoms with Crippen molar-refractivity contribution in [1.82, 2.24) is 16.2 Å². The lowest BCUT2D eigenvalue weighted by atomic mass is 10.2. The predicted molar refractivity (Wildman–Crippen MR) is 110 cm³/mol. The smallest absolute Gasteiger partial charge is 0.276 e. The van der Waals surface area contributed by atoms with Crippen LogP contribution in [0.1, 0.15) is 29.8 Å². The molecule has 0 aliphatic rings. The van der Waals surface area contributed by atoms with Crippen LogP contribution in [-0.4, -0.2) is 29.6 Å². The molecule has 0 fully saturated rings. The lowest BCUT2D eigenvalue weighted by Crippen LogP contribution is -2.49. The first-order valence-electron chi connectivity index (χ1n) is 8.70. The number of carbonyl (C=O) groups excluding carboxylic acids is 2. The van der Waals surface area contributed by atoms with Gasteiger partial charge in [-0.2, -0.15) is 0 Å². The average molecular weight is 401 g/mol. The quantitative estimate of drug-likeness (QED) is 0.509. The van der Waals surface area contributed by atoms with Crippen molar-refractivity contribution < 1.29 is 19.1 Å². The largest absolute Gasteiger partial charge is 0.490 e. The van der Waals surface area contributed by atoms with E-state index in [1.54, 1.807) is 36.4 Å². The zero-order valence-corrected chi connectivity index (χ0v) is 16.8. The highest BCUT2D eigenvalue weighted by molar-refractivity contribution is 7.80. The predicted octanol–water partition coefficient (Wildman–Crippen LogP) is 2.50. The molecule has 2 aromatic rings. The topological polar surface area (TPSA) is 88.7 Å². The van der Waals surface area contributed by atoms with Crippen LogP contribution in [0.5, 0.6) is 11.5 Å². The van der Waals surface area contributed by atoms with Gasteiger partial charge in [-0.15, -0.1) is 0 Å². The van der Waals surface area contributed by atoms with Gasteiger partial charge in [-0.25, -0.2) is 0 Å². The molecule has 148 valence electrons. The molecule has 28 heavy (non-hydrogen) atoms. The van der Waals surface area contributed by atoms with Gasteiger partial charge in [0.05, 0.1) is 11.7 Å². The Morgan fingerprint density at radius 3 is 2.39 bits per heavy atom. The number of nitrogens with one attached hydrogen (secondary N) is 3. The molecule has 0 saturated carbocycles. The Morgan fingerprint density at radius 2 is 1.71 bits per heavy atom. The number of para-hydroxylation sites is 1. The molecule has 0 aliphatic carbocycles. The Hall–Kier alpha value is -3.13. The van der Waals surface area contributed by atoms with E-state index in [1.165, 1.54) is 0 Å². The lowest BCUT2D eigenvalue weighted by Gasteiger charge is -2.15. The number of carbonyl (C=O) groups is 2. The number of hydrogen-bond donors (Lipinski definition) is 3. The number of rotatable bonds is 6. The summed E-state index contributed by atoms with van der Waals surface area (Å²) >= 11 is 5.03. The maximum atomic E-state index is 12.4. The molecule has 0 bridgehead atoms. The first kappa shape index (κ1) is 21.2. The molecule has 8 heteroatoms. The van der Waals surface area contributed by atoms with Crippen LogP contribution in [0.15, 0.2) is 48.5 Å². The molecule has 2 rings (SSSR count). The van der Waals surface area contributed by atoms with Crippen molar-refractivity contribution in [2.24, 2.45) is 0 Å². The van der Waals surface area contributed by atoms with Crippen LogP contribution in [0.25, 0.3) is 0 Å². The van der Waals surface area contributed by atoms with E-state index in [-0.39, 0.29) is 17.8 Å². The molecular weight excluding hydrogens is 378 g/mol. The number of hydrazine groups is 1. The zero-order valence-electron chi connectivity index (χ0n) is 15.9. The summed E-state index contributed by atoms with van der Waals surface area (Å²) < 4.78 is 11.0. The van der Waals surface area contributed by atoms with Crippen LogP contribution >= 0.6 is 12.2 Å². The zero-order chi connectivity index (χ0) is 20.5. The second-order valence-corrected chi connectivity index (χ2v) is 6.63. The monoisotopic (exact) mass is 401 g/mol. The number of ether oxygens (including phenoxy) is 2. The van der Waals surface area contributed by atoms with Gasteiger partial charge in [0.1, 0.15) is 11.5 Å². The van der Waals surface area contributed by atoms with Crippen molar-refractivity contribution in [3.63, 3.8) is 0 Å². The maximum Gasteiger partial charge on any atom is 0.276 e. The van der Waals surface area contributed by atoms with Crippen LogP contribution < -0.4 is 25.6 Å². The highest BCUT2D eigenvalue weighted by atomic mass is 32.1. The molecule has 2 amide bonds. The van der Waals surface area contributed by atoms with Gasteiger partial charge in [-0.3, -0.25) is 25.8 Å². The van der Waals surface area contributed by atoms with Gasteiger partial charge in [-0.05, 0) is 57.3 Å². The molecule has 0 aliphatic heterocycles. The fraction of sp³-hybridized carbons (Fsp3) is 0.250. The minimum Gasteiger partial charge on any atom is -0.490 e. The van der Waals surface area contributed by atoms with E-state index in [4.69, 9.17) is 21.7 Å². The second kappa shape index (κ2) is 10.3. The average Bonchev–Trinajstić information content (AvgIpc) is 2.66. The lowest BCUT2D eigenvalue weighted by molar-refractivity contribution is -0.123. The Balaban J connectivity index is 1.79. The normalized spacial score (nSPS) is 10.1. The molecule has 3 N–H and O–H groups in total. The van der Waals surface area contributed by atoms with E-state index >= 15 is 0 Å². The Bertz CT molecular complexity index is 838. The fourth-order valence-electron chi connectivity index (χ4n) is 2.16. The summed E-state index contributed by atoms with van der Waals surface area (Å²) in [5, 5.41) is 2.44. The molecule has 0 aromatic heterocycles. The summed E-state index contributed by atoms with van der Waals surface area (Å²) in [6, 6.07) is 14.2. The van der Waals surface area contributed by atoms with Crippen LogP contribution in [0, 0.1) is 6.92 Å². The molecule has 7 nitrogen and oxygen atoms in total. The maximum absolute atomic E-state index is 12.4. The van der Waals surface area contributed by atoms with Crippen LogP contribution in [0.2, 0.25) is 0 Å². The van der Waals surface area contributed by atoms with Gasteiger partial charge < -0.3 is 9.47 Å². The van der Waals surface area contributed by atoms with Gasteiger partial charge in [0, 0.05) is 0 Å². The molecule has 0 atom stereocenters. The summed E-state index contributed by atoms with van der Waals surface area (Å²) in [6.45, 7) is 5.50. The molecular formula is C20H23N3O4S. The molecule has 0 unspecified atom stereocenters. The highest BCUT2D eigenvalue weighted by Crippen LogP contribution is 2.19. The van der Waals surface area contributed by atoms with Crippen LogP contribution in [0.4, 0.5) is 0 Å². The van der Waals surface area contributed by atoms with E-state index < -0.39 is 11.8 Å². The molecule has 0 saturated heterocycles. The van der Waals surface area contributed by atoms with E-state index in [9.17, 15) is 9.59 Å². The number of thiocarbonyl (C=S) groups is 1. The first-order valence-corrected chi connectivity index (χ1v) is 9.11. The van der Waals surface area contributed by atoms with Crippen molar-refractivity contribution >= 4 is 29.1 Å². The van der Waals surface area contributed by atoms with E-state index in [2.05, 4.69) is 16.2 Å². The van der Waals surface area contributed by atoms with Crippen LogP contribution in [0.3, 0.4) is 0 Å². The van der Waals surface area contributed by atoms with Gasteiger partial charge in [0.25, 0.3) is 11.8 Å². The van der Waals surface area contributed by atoms with Crippen molar-refractivity contribution in [2.45, 2.75) is 26.9 Å². The molecule has 0 heterocycles. The summed E-state index contributed by atoms with van der Waals surface area (Å²) in [5.74, 6) is 0.145. The van der Waals surface area contributed by atoms with Crippen molar-refractivity contribution in [1.29, 1.82) is 0 Å². The summed E-state index contributed by atoms with van der Waals surface area (Å²) in [4.78, 5) is 24.2. The Kier molecular flexibility index (Phi) is 7.76. The summed E-state index contributed by atoms with van der Waals surface area (Å²) in [6.07, 6.45) is -0.0770.